The van der Waals surface area contributed by atoms with Crippen LogP contribution in [-0.2, 0) is 6.54 Å². The van der Waals surface area contributed by atoms with E-state index in [1.807, 2.05) is 28.9 Å². The highest BCUT2D eigenvalue weighted by molar-refractivity contribution is 5.87. The van der Waals surface area contributed by atoms with Crippen molar-refractivity contribution in [3.8, 4) is 5.75 Å². The van der Waals surface area contributed by atoms with Gasteiger partial charge in [0.2, 0.25) is 0 Å². The van der Waals surface area contributed by atoms with E-state index in [1.165, 1.54) is 0 Å². The van der Waals surface area contributed by atoms with Gasteiger partial charge in [-0.2, -0.15) is 0 Å². The molecule has 23 heavy (non-hydrogen) atoms. The number of hydrogen-bond donors (Lipinski definition) is 1. The van der Waals surface area contributed by atoms with Crippen LogP contribution in [-0.4, -0.2) is 32.7 Å². The molecule has 2 aromatic carbocycles. The van der Waals surface area contributed by atoms with Gasteiger partial charge in [-0.15, -0.1) is 5.10 Å². The van der Waals surface area contributed by atoms with Crippen LogP contribution in [0.25, 0.3) is 11.0 Å². The van der Waals surface area contributed by atoms with E-state index >= 15 is 0 Å². The van der Waals surface area contributed by atoms with Gasteiger partial charge < -0.3 is 9.84 Å². The Morgan fingerprint density at radius 2 is 1.87 bits per heavy atom. The van der Waals surface area contributed by atoms with Gasteiger partial charge in [0.15, 0.2) is 0 Å². The summed E-state index contributed by atoms with van der Waals surface area (Å²) in [6, 6.07) is 14.3. The third kappa shape index (κ3) is 3.66. The molecule has 6 heteroatoms. The van der Waals surface area contributed by atoms with Gasteiger partial charge in [0.1, 0.15) is 11.3 Å². The zero-order valence-electron chi connectivity index (χ0n) is 12.6. The molecule has 0 aliphatic carbocycles. The van der Waals surface area contributed by atoms with Gasteiger partial charge >= 0.3 is 5.97 Å². The number of carboxylic acids is 1. The number of carbonyl (C=O) groups is 1. The van der Waals surface area contributed by atoms with Crippen molar-refractivity contribution < 1.29 is 14.6 Å². The Balaban J connectivity index is 1.44. The first-order chi connectivity index (χ1) is 11.2. The standard InChI is InChI=1S/C17H17N3O3/c21-17(22)13-7-9-14(10-8-13)23-12-4-3-11-20-16-6-2-1-5-15(16)18-19-20/h1-2,5-10H,3-4,11-12H2,(H,21,22). The molecule has 0 saturated carbocycles. The van der Waals surface area contributed by atoms with Crippen molar-refractivity contribution in [2.24, 2.45) is 0 Å². The van der Waals surface area contributed by atoms with Gasteiger partial charge in [-0.1, -0.05) is 17.3 Å². The van der Waals surface area contributed by atoms with Crippen molar-refractivity contribution in [2.75, 3.05) is 6.61 Å². The van der Waals surface area contributed by atoms with Gasteiger partial charge in [0.25, 0.3) is 0 Å². The number of aryl methyl sites for hydroxylation is 1. The Bertz CT molecular complexity index is 796. The molecule has 0 aliphatic heterocycles. The number of ether oxygens (including phenoxy) is 1. The lowest BCUT2D eigenvalue weighted by molar-refractivity contribution is 0.0697. The van der Waals surface area contributed by atoms with E-state index in [1.54, 1.807) is 24.3 Å². The van der Waals surface area contributed by atoms with Gasteiger partial charge in [-0.05, 0) is 49.2 Å². The summed E-state index contributed by atoms with van der Waals surface area (Å²) in [5, 5.41) is 17.1. The summed E-state index contributed by atoms with van der Waals surface area (Å²) in [6.07, 6.45) is 1.81. The molecule has 0 bridgehead atoms. The van der Waals surface area contributed by atoms with Crippen LogP contribution in [0, 0.1) is 0 Å². The second-order valence-corrected chi connectivity index (χ2v) is 5.19. The van der Waals surface area contributed by atoms with Gasteiger partial charge in [-0.25, -0.2) is 9.48 Å². The van der Waals surface area contributed by atoms with E-state index in [9.17, 15) is 4.79 Å². The van der Waals surface area contributed by atoms with Crippen molar-refractivity contribution >= 4 is 17.0 Å². The van der Waals surface area contributed by atoms with Crippen LogP contribution < -0.4 is 4.74 Å². The third-order valence-electron chi connectivity index (χ3n) is 3.55. The first kappa shape index (κ1) is 15.0. The van der Waals surface area contributed by atoms with Crippen molar-refractivity contribution in [2.45, 2.75) is 19.4 Å². The van der Waals surface area contributed by atoms with E-state index < -0.39 is 5.97 Å². The number of hydrogen-bond acceptors (Lipinski definition) is 4. The molecule has 0 radical (unpaired) electrons. The van der Waals surface area contributed by atoms with Crippen LogP contribution >= 0.6 is 0 Å². The first-order valence-electron chi connectivity index (χ1n) is 7.48. The maximum Gasteiger partial charge on any atom is 0.335 e. The quantitative estimate of drug-likeness (QED) is 0.679. The van der Waals surface area contributed by atoms with Crippen LogP contribution in [0.2, 0.25) is 0 Å². The number of para-hydroxylation sites is 1. The summed E-state index contributed by atoms with van der Waals surface area (Å²) in [5.74, 6) is -0.252. The fraction of sp³-hybridized carbons (Fsp3) is 0.235. The van der Waals surface area contributed by atoms with E-state index in [0.717, 1.165) is 30.4 Å². The van der Waals surface area contributed by atoms with E-state index in [2.05, 4.69) is 10.3 Å². The average molecular weight is 311 g/mol. The van der Waals surface area contributed by atoms with Crippen LogP contribution in [0.5, 0.6) is 5.75 Å². The van der Waals surface area contributed by atoms with Crippen LogP contribution in [0.3, 0.4) is 0 Å². The minimum Gasteiger partial charge on any atom is -0.494 e. The summed E-state index contributed by atoms with van der Waals surface area (Å²) in [5.41, 5.74) is 2.20. The summed E-state index contributed by atoms with van der Waals surface area (Å²) in [6.45, 7) is 1.38. The highest BCUT2D eigenvalue weighted by Gasteiger charge is 2.04. The van der Waals surface area contributed by atoms with E-state index in [4.69, 9.17) is 9.84 Å². The second-order valence-electron chi connectivity index (χ2n) is 5.19. The molecule has 118 valence electrons. The number of fused-ring (bicyclic) bond motifs is 1. The molecule has 0 unspecified atom stereocenters. The van der Waals surface area contributed by atoms with Crippen molar-refractivity contribution in [3.63, 3.8) is 0 Å². The summed E-state index contributed by atoms with van der Waals surface area (Å²) >= 11 is 0. The summed E-state index contributed by atoms with van der Waals surface area (Å²) in [7, 11) is 0. The minimum absolute atomic E-state index is 0.260. The zero-order chi connectivity index (χ0) is 16.1. The number of rotatable bonds is 7. The molecule has 3 rings (SSSR count). The molecule has 0 fully saturated rings. The monoisotopic (exact) mass is 311 g/mol. The molecule has 0 amide bonds. The highest BCUT2D eigenvalue weighted by atomic mass is 16.5. The fourth-order valence-corrected chi connectivity index (χ4v) is 2.33. The number of carboxylic acid groups (broad SMARTS) is 1. The number of unbranched alkanes of at least 4 members (excludes halogenated alkanes) is 1. The average Bonchev–Trinajstić information content (AvgIpc) is 2.98. The SMILES string of the molecule is O=C(O)c1ccc(OCCCCn2nnc3ccccc32)cc1. The molecule has 1 N–H and O–H groups in total. The van der Waals surface area contributed by atoms with Gasteiger partial charge in [0, 0.05) is 6.54 Å². The van der Waals surface area contributed by atoms with E-state index in [0.29, 0.717) is 12.4 Å². The minimum atomic E-state index is -0.934. The highest BCUT2D eigenvalue weighted by Crippen LogP contribution is 2.13. The molecule has 1 aromatic heterocycles. The topological polar surface area (TPSA) is 77.2 Å². The Labute approximate surface area is 133 Å². The van der Waals surface area contributed by atoms with Crippen LogP contribution in [0.4, 0.5) is 0 Å². The maximum absolute atomic E-state index is 10.8. The van der Waals surface area contributed by atoms with Crippen molar-refractivity contribution in [3.05, 3.63) is 54.1 Å². The van der Waals surface area contributed by atoms with Gasteiger partial charge in [-0.3, -0.25) is 0 Å². The van der Waals surface area contributed by atoms with Crippen molar-refractivity contribution in [1.82, 2.24) is 15.0 Å². The van der Waals surface area contributed by atoms with Gasteiger partial charge in [0.05, 0.1) is 17.7 Å². The Hall–Kier alpha value is -2.89. The Kier molecular flexibility index (Phi) is 4.52. The summed E-state index contributed by atoms with van der Waals surface area (Å²) < 4.78 is 7.51. The van der Waals surface area contributed by atoms with Crippen molar-refractivity contribution in [1.29, 1.82) is 0 Å². The predicted molar refractivity (Wildman–Crippen MR) is 85.7 cm³/mol. The molecule has 0 spiro atoms. The molecule has 0 atom stereocenters. The second kappa shape index (κ2) is 6.91. The summed E-state index contributed by atoms with van der Waals surface area (Å²) in [4.78, 5) is 10.8. The molecular weight excluding hydrogens is 294 g/mol. The maximum atomic E-state index is 10.8. The normalized spacial score (nSPS) is 10.8. The number of aromatic carboxylic acids is 1. The smallest absolute Gasteiger partial charge is 0.335 e. The molecule has 0 saturated heterocycles. The lowest BCUT2D eigenvalue weighted by Gasteiger charge is -2.06. The lowest BCUT2D eigenvalue weighted by atomic mass is 10.2. The van der Waals surface area contributed by atoms with Crippen LogP contribution in [0.1, 0.15) is 23.2 Å². The molecule has 1 heterocycles. The van der Waals surface area contributed by atoms with Crippen LogP contribution in [0.15, 0.2) is 48.5 Å². The zero-order valence-corrected chi connectivity index (χ0v) is 12.6. The third-order valence-corrected chi connectivity index (χ3v) is 3.55. The largest absolute Gasteiger partial charge is 0.494 e. The Morgan fingerprint density at radius 1 is 1.09 bits per heavy atom. The molecule has 3 aromatic rings. The number of nitrogens with zero attached hydrogens (tertiary/aromatic N) is 3. The fourth-order valence-electron chi connectivity index (χ4n) is 2.33. The predicted octanol–water partition coefficient (Wildman–Crippen LogP) is 2.99. The number of aromatic nitrogens is 3. The number of benzene rings is 2. The first-order valence-corrected chi connectivity index (χ1v) is 7.48. The lowest BCUT2D eigenvalue weighted by Crippen LogP contribution is -2.04. The van der Waals surface area contributed by atoms with E-state index in [-0.39, 0.29) is 5.56 Å². The molecule has 0 aliphatic rings. The molecule has 6 nitrogen and oxygen atoms in total. The molecular formula is C17H17N3O3. The Morgan fingerprint density at radius 3 is 2.65 bits per heavy atom.